The Hall–Kier alpha value is -1.61. The monoisotopic (exact) mass is 260 g/mol. The molecule has 0 aliphatic rings. The lowest BCUT2D eigenvalue weighted by atomic mass is 10.2. The maximum absolute atomic E-state index is 11.9. The van der Waals surface area contributed by atoms with Gasteiger partial charge in [0.05, 0.1) is 23.1 Å². The fourth-order valence-corrected chi connectivity index (χ4v) is 1.34. The van der Waals surface area contributed by atoms with Crippen LogP contribution in [-0.2, 0) is 4.79 Å². The van der Waals surface area contributed by atoms with E-state index in [9.17, 15) is 4.20 Å². The van der Waals surface area contributed by atoms with Crippen molar-refractivity contribution >= 4 is 21.4 Å². The second kappa shape index (κ2) is 9.60. The maximum Gasteiger partial charge on any atom is 0.290 e. The first-order chi connectivity index (χ1) is 8.23. The molecule has 0 saturated carbocycles. The van der Waals surface area contributed by atoms with Gasteiger partial charge < -0.3 is 14.6 Å². The Labute approximate surface area is 101 Å². The average Bonchev–Trinajstić information content (AvgIpc) is 2.36. The molecule has 1 aromatic carbocycles. The number of hydrogen-bond donors (Lipinski definition) is 1. The second-order valence-electron chi connectivity index (χ2n) is 2.66. The first-order valence-corrected chi connectivity index (χ1v) is 5.51. The van der Waals surface area contributed by atoms with E-state index in [0.717, 1.165) is 5.56 Å². The predicted molar refractivity (Wildman–Crippen MR) is 66.7 cm³/mol. The van der Waals surface area contributed by atoms with Crippen molar-refractivity contribution in [3.05, 3.63) is 29.6 Å². The van der Waals surface area contributed by atoms with E-state index in [4.69, 9.17) is 19.4 Å². The van der Waals surface area contributed by atoms with Crippen molar-refractivity contribution < 1.29 is 23.6 Å². The number of ether oxygens (including phenoxy) is 2. The minimum Gasteiger partial charge on any atom is -0.493 e. The molecule has 1 unspecified atom stereocenters. The minimum atomic E-state index is -0.674. The van der Waals surface area contributed by atoms with E-state index in [1.807, 2.05) is 6.07 Å². The van der Waals surface area contributed by atoms with E-state index >= 15 is 0 Å². The summed E-state index contributed by atoms with van der Waals surface area (Å²) in [7, 11) is 2.48. The van der Waals surface area contributed by atoms with E-state index < -0.39 is 8.89 Å². The van der Waals surface area contributed by atoms with Crippen LogP contribution in [-0.4, -0.2) is 25.8 Å². The molecule has 4 nitrogen and oxygen atoms in total. The number of carbonyl (C=O) groups is 1. The van der Waals surface area contributed by atoms with Gasteiger partial charge in [-0.1, -0.05) is 12.1 Å². The Morgan fingerprint density at radius 3 is 2.35 bits per heavy atom. The second-order valence-corrected chi connectivity index (χ2v) is 3.21. The van der Waals surface area contributed by atoms with Crippen LogP contribution in [0.15, 0.2) is 24.0 Å². The fourth-order valence-electron chi connectivity index (χ4n) is 1.08. The molecule has 0 saturated heterocycles. The topological polar surface area (TPSA) is 55.8 Å². The number of benzene rings is 1. The predicted octanol–water partition coefficient (Wildman–Crippen LogP) is 2.94. The highest BCUT2D eigenvalue weighted by atomic mass is 31.1. The Morgan fingerprint density at radius 2 is 1.88 bits per heavy atom. The van der Waals surface area contributed by atoms with Gasteiger partial charge in [0, 0.05) is 0 Å². The number of hydrogen-bond acceptors (Lipinski definition) is 3. The van der Waals surface area contributed by atoms with Gasteiger partial charge in [0.1, 0.15) is 0 Å². The third kappa shape index (κ3) is 5.88. The molecule has 0 heterocycles. The van der Waals surface area contributed by atoms with Crippen LogP contribution < -0.4 is 9.47 Å². The first-order valence-electron chi connectivity index (χ1n) is 4.56. The van der Waals surface area contributed by atoms with E-state index in [2.05, 4.69) is 0 Å². The standard InChI is InChI=1S/C10H12FO2P.CH2O2/c1-12-9-4-3-8(5-6-14-11)7-10(9)13-2;2-1-3/h3-7,14H,1-2H3;1H,(H,2,3)/b6-5+;. The molecule has 0 fully saturated rings. The lowest BCUT2D eigenvalue weighted by molar-refractivity contribution is -0.122. The van der Waals surface area contributed by atoms with Gasteiger partial charge in [0.15, 0.2) is 11.5 Å². The normalized spacial score (nSPS) is 10.1. The summed E-state index contributed by atoms with van der Waals surface area (Å²) >= 11 is 0. The van der Waals surface area contributed by atoms with Gasteiger partial charge in [-0.05, 0) is 23.5 Å². The van der Waals surface area contributed by atoms with Gasteiger partial charge in [-0.25, -0.2) is 4.20 Å². The fraction of sp³-hybridized carbons (Fsp3) is 0.182. The van der Waals surface area contributed by atoms with Crippen molar-refractivity contribution in [2.45, 2.75) is 0 Å². The summed E-state index contributed by atoms with van der Waals surface area (Å²) in [6.45, 7) is -0.250. The van der Waals surface area contributed by atoms with Gasteiger partial charge in [0.2, 0.25) is 0 Å². The number of carboxylic acid groups (broad SMARTS) is 1. The summed E-state index contributed by atoms with van der Waals surface area (Å²) in [4.78, 5) is 8.36. The highest BCUT2D eigenvalue weighted by Gasteiger charge is 2.01. The van der Waals surface area contributed by atoms with Gasteiger partial charge in [-0.15, -0.1) is 0 Å². The molecule has 1 N–H and O–H groups in total. The molecule has 1 aromatic rings. The van der Waals surface area contributed by atoms with Crippen LogP contribution in [0.5, 0.6) is 11.5 Å². The zero-order valence-corrected chi connectivity index (χ0v) is 10.5. The van der Waals surface area contributed by atoms with Crippen molar-refractivity contribution in [1.82, 2.24) is 0 Å². The number of methoxy groups -OCH3 is 2. The molecule has 0 aliphatic carbocycles. The summed E-state index contributed by atoms with van der Waals surface area (Å²) in [5, 5.41) is 6.89. The van der Waals surface area contributed by atoms with E-state index in [1.54, 1.807) is 32.4 Å². The van der Waals surface area contributed by atoms with Crippen LogP contribution in [0.2, 0.25) is 0 Å². The largest absolute Gasteiger partial charge is 0.493 e. The zero-order chi connectivity index (χ0) is 13.1. The Bertz CT molecular complexity index is 368. The Balaban J connectivity index is 0.000000770. The lowest BCUT2D eigenvalue weighted by Crippen LogP contribution is -1.90. The van der Waals surface area contributed by atoms with Crippen molar-refractivity contribution in [2.24, 2.45) is 0 Å². The molecule has 94 valence electrons. The molecule has 6 heteroatoms. The van der Waals surface area contributed by atoms with Gasteiger partial charge in [0.25, 0.3) is 6.47 Å². The van der Waals surface area contributed by atoms with Crippen LogP contribution in [0.25, 0.3) is 6.08 Å². The quantitative estimate of drug-likeness (QED) is 0.668. The molecule has 17 heavy (non-hydrogen) atoms. The molecule has 0 bridgehead atoms. The SMILES string of the molecule is COc1ccc(/C=C/PF)cc1OC.O=CO. The molecule has 0 radical (unpaired) electrons. The third-order valence-corrected chi connectivity index (χ3v) is 2.04. The Morgan fingerprint density at radius 1 is 1.29 bits per heavy atom. The third-order valence-electron chi connectivity index (χ3n) is 1.75. The molecule has 1 atom stereocenters. The minimum absolute atomic E-state index is 0.250. The molecule has 0 aliphatic heterocycles. The van der Waals surface area contributed by atoms with Crippen molar-refractivity contribution in [1.29, 1.82) is 0 Å². The summed E-state index contributed by atoms with van der Waals surface area (Å²) in [6.07, 6.45) is 1.71. The van der Waals surface area contributed by atoms with Crippen LogP contribution in [0.1, 0.15) is 5.56 Å². The maximum atomic E-state index is 11.9. The van der Waals surface area contributed by atoms with Gasteiger partial charge >= 0.3 is 0 Å². The van der Waals surface area contributed by atoms with E-state index in [-0.39, 0.29) is 6.47 Å². The number of rotatable bonds is 4. The average molecular weight is 260 g/mol. The van der Waals surface area contributed by atoms with Crippen LogP contribution in [0.4, 0.5) is 4.20 Å². The van der Waals surface area contributed by atoms with Crippen LogP contribution in [0, 0.1) is 0 Å². The van der Waals surface area contributed by atoms with Gasteiger partial charge in [-0.3, -0.25) is 4.79 Å². The zero-order valence-electron chi connectivity index (χ0n) is 9.51. The Kier molecular flexibility index (Phi) is 8.69. The summed E-state index contributed by atoms with van der Waals surface area (Å²) in [6, 6.07) is 5.44. The summed E-state index contributed by atoms with van der Waals surface area (Å²) in [5.74, 6) is 2.80. The molecule has 0 amide bonds. The molecular formula is C11H14FO4P. The number of halogens is 1. The molecule has 0 aromatic heterocycles. The smallest absolute Gasteiger partial charge is 0.290 e. The van der Waals surface area contributed by atoms with Crippen LogP contribution in [0.3, 0.4) is 0 Å². The van der Waals surface area contributed by atoms with Gasteiger partial charge in [-0.2, -0.15) is 0 Å². The first kappa shape index (κ1) is 15.4. The molecular weight excluding hydrogens is 246 g/mol. The molecule has 0 spiro atoms. The van der Waals surface area contributed by atoms with Crippen molar-refractivity contribution in [3.63, 3.8) is 0 Å². The lowest BCUT2D eigenvalue weighted by Gasteiger charge is -2.07. The van der Waals surface area contributed by atoms with E-state index in [1.165, 1.54) is 5.82 Å². The van der Waals surface area contributed by atoms with Crippen LogP contribution >= 0.6 is 8.89 Å². The summed E-state index contributed by atoms with van der Waals surface area (Å²) < 4.78 is 22.1. The van der Waals surface area contributed by atoms with Crippen molar-refractivity contribution in [2.75, 3.05) is 14.2 Å². The summed E-state index contributed by atoms with van der Waals surface area (Å²) in [5.41, 5.74) is 0.896. The molecule has 1 rings (SSSR count). The van der Waals surface area contributed by atoms with E-state index in [0.29, 0.717) is 11.5 Å². The van der Waals surface area contributed by atoms with Crippen molar-refractivity contribution in [3.8, 4) is 11.5 Å². The highest BCUT2D eigenvalue weighted by Crippen LogP contribution is 2.28. The highest BCUT2D eigenvalue weighted by molar-refractivity contribution is 7.35.